The summed E-state index contributed by atoms with van der Waals surface area (Å²) in [6, 6.07) is 47.0. The highest BCUT2D eigenvalue weighted by atomic mass is 15.0. The average Bonchev–Trinajstić information content (AvgIpc) is 3.22. The summed E-state index contributed by atoms with van der Waals surface area (Å²) in [7, 11) is 0. The normalized spacial score (nSPS) is 11.8. The van der Waals surface area contributed by atoms with Gasteiger partial charge in [0.1, 0.15) is 0 Å². The smallest absolute Gasteiger partial charge is 0.0540 e. The Labute approximate surface area is 227 Å². The van der Waals surface area contributed by atoms with Crippen LogP contribution in [0.5, 0.6) is 0 Å². The molecule has 0 atom stereocenters. The van der Waals surface area contributed by atoms with Gasteiger partial charge in [0.15, 0.2) is 0 Å². The van der Waals surface area contributed by atoms with Crippen molar-refractivity contribution in [2.75, 3.05) is 0 Å². The van der Waals surface area contributed by atoms with Crippen molar-refractivity contribution in [3.8, 4) is 16.8 Å². The fourth-order valence-electron chi connectivity index (χ4n) is 6.26. The molecular formula is C38H27N. The third-order valence-electron chi connectivity index (χ3n) is 8.51. The minimum atomic E-state index is 1.21. The summed E-state index contributed by atoms with van der Waals surface area (Å²) < 4.78 is 2.43. The van der Waals surface area contributed by atoms with Crippen LogP contribution in [0, 0.1) is 13.8 Å². The van der Waals surface area contributed by atoms with Crippen LogP contribution in [0.1, 0.15) is 11.3 Å². The van der Waals surface area contributed by atoms with E-state index in [2.05, 4.69) is 146 Å². The number of aryl methyl sites for hydroxylation is 1. The quantitative estimate of drug-likeness (QED) is 0.209. The van der Waals surface area contributed by atoms with Crippen LogP contribution < -0.4 is 0 Å². The standard InChI is InChI=1S/C38H27N/c1-24-25(2)39(36-16-15-32-18-28-9-5-6-10-29(28)19-34(32)21-36)38-23-33-14-13-31(20-35(33)22-37(24)38)30-12-11-26-7-3-4-8-27(26)17-30/h3-23H,1-2H3. The van der Waals surface area contributed by atoms with E-state index in [1.807, 2.05) is 0 Å². The first kappa shape index (κ1) is 22.1. The van der Waals surface area contributed by atoms with Crippen LogP contribution in [0.3, 0.4) is 0 Å². The van der Waals surface area contributed by atoms with Gasteiger partial charge in [-0.2, -0.15) is 0 Å². The van der Waals surface area contributed by atoms with E-state index >= 15 is 0 Å². The molecule has 184 valence electrons. The minimum absolute atomic E-state index is 1.21. The zero-order valence-corrected chi connectivity index (χ0v) is 22.1. The van der Waals surface area contributed by atoms with Crippen LogP contribution in [-0.2, 0) is 0 Å². The highest BCUT2D eigenvalue weighted by Gasteiger charge is 2.15. The van der Waals surface area contributed by atoms with Gasteiger partial charge in [0.05, 0.1) is 5.52 Å². The Morgan fingerprint density at radius 1 is 0.410 bits per heavy atom. The lowest BCUT2D eigenvalue weighted by Gasteiger charge is -2.12. The highest BCUT2D eigenvalue weighted by Crippen LogP contribution is 2.35. The van der Waals surface area contributed by atoms with Crippen molar-refractivity contribution in [2.24, 2.45) is 0 Å². The number of nitrogens with zero attached hydrogens (tertiary/aromatic N) is 1. The maximum atomic E-state index is 2.43. The molecule has 0 bridgehead atoms. The van der Waals surface area contributed by atoms with Crippen LogP contribution in [0.15, 0.2) is 127 Å². The fraction of sp³-hybridized carbons (Fsp3) is 0.0526. The van der Waals surface area contributed by atoms with Crippen molar-refractivity contribution >= 4 is 54.0 Å². The third-order valence-corrected chi connectivity index (χ3v) is 8.51. The van der Waals surface area contributed by atoms with E-state index in [1.165, 1.54) is 82.1 Å². The molecule has 39 heavy (non-hydrogen) atoms. The summed E-state index contributed by atoms with van der Waals surface area (Å²) in [5.41, 5.74) is 7.60. The molecule has 0 unspecified atom stereocenters. The number of rotatable bonds is 2. The lowest BCUT2D eigenvalue weighted by Crippen LogP contribution is -1.97. The Hall–Kier alpha value is -4.88. The van der Waals surface area contributed by atoms with Crippen molar-refractivity contribution in [3.63, 3.8) is 0 Å². The molecule has 0 amide bonds. The molecule has 0 fully saturated rings. The van der Waals surface area contributed by atoms with Gasteiger partial charge in [-0.05, 0) is 122 Å². The first-order valence-electron chi connectivity index (χ1n) is 13.6. The number of fused-ring (bicyclic) bond motifs is 5. The number of hydrogen-bond donors (Lipinski definition) is 0. The van der Waals surface area contributed by atoms with Crippen LogP contribution in [0.4, 0.5) is 0 Å². The summed E-state index contributed by atoms with van der Waals surface area (Å²) >= 11 is 0. The lowest BCUT2D eigenvalue weighted by molar-refractivity contribution is 1.04. The largest absolute Gasteiger partial charge is 0.314 e. The molecule has 0 spiro atoms. The Bertz CT molecular complexity index is 2250. The van der Waals surface area contributed by atoms with Gasteiger partial charge < -0.3 is 4.57 Å². The SMILES string of the molecule is Cc1c(C)n(-c2ccc3cc4ccccc4cc3c2)c2cc3ccc(-c4ccc5ccccc5c4)cc3cc12. The van der Waals surface area contributed by atoms with Gasteiger partial charge in [-0.1, -0.05) is 78.9 Å². The van der Waals surface area contributed by atoms with Gasteiger partial charge >= 0.3 is 0 Å². The second kappa shape index (κ2) is 8.31. The second-order valence-corrected chi connectivity index (χ2v) is 10.8. The maximum Gasteiger partial charge on any atom is 0.0540 e. The fourth-order valence-corrected chi connectivity index (χ4v) is 6.26. The van der Waals surface area contributed by atoms with E-state index in [0.29, 0.717) is 0 Å². The van der Waals surface area contributed by atoms with E-state index in [4.69, 9.17) is 0 Å². The molecule has 0 saturated heterocycles. The highest BCUT2D eigenvalue weighted by molar-refractivity contribution is 6.03. The molecule has 0 aliphatic heterocycles. The van der Waals surface area contributed by atoms with E-state index < -0.39 is 0 Å². The molecule has 1 nitrogen and oxygen atoms in total. The van der Waals surface area contributed by atoms with Crippen LogP contribution in [-0.4, -0.2) is 4.57 Å². The van der Waals surface area contributed by atoms with Gasteiger partial charge in [0.2, 0.25) is 0 Å². The Balaban J connectivity index is 1.29. The Morgan fingerprint density at radius 3 is 1.67 bits per heavy atom. The van der Waals surface area contributed by atoms with Crippen LogP contribution in [0.2, 0.25) is 0 Å². The first-order valence-corrected chi connectivity index (χ1v) is 13.6. The maximum absolute atomic E-state index is 2.43. The van der Waals surface area contributed by atoms with Crippen molar-refractivity contribution in [3.05, 3.63) is 139 Å². The molecule has 8 aromatic rings. The van der Waals surface area contributed by atoms with Crippen molar-refractivity contribution in [1.82, 2.24) is 4.57 Å². The molecule has 7 aromatic carbocycles. The molecule has 0 aliphatic carbocycles. The topological polar surface area (TPSA) is 4.93 Å². The Morgan fingerprint density at radius 2 is 0.923 bits per heavy atom. The van der Waals surface area contributed by atoms with Gasteiger partial charge in [0, 0.05) is 16.8 Å². The minimum Gasteiger partial charge on any atom is -0.314 e. The van der Waals surface area contributed by atoms with Gasteiger partial charge in [-0.15, -0.1) is 0 Å². The van der Waals surface area contributed by atoms with E-state index in [-0.39, 0.29) is 0 Å². The summed E-state index contributed by atoms with van der Waals surface area (Å²) in [6.07, 6.45) is 0. The number of hydrogen-bond acceptors (Lipinski definition) is 0. The summed E-state index contributed by atoms with van der Waals surface area (Å²) in [5, 5.41) is 11.5. The van der Waals surface area contributed by atoms with Gasteiger partial charge in [0.25, 0.3) is 0 Å². The number of benzene rings is 7. The zero-order valence-electron chi connectivity index (χ0n) is 22.1. The van der Waals surface area contributed by atoms with Gasteiger partial charge in [-0.25, -0.2) is 0 Å². The predicted molar refractivity (Wildman–Crippen MR) is 168 cm³/mol. The molecule has 0 radical (unpaired) electrons. The second-order valence-electron chi connectivity index (χ2n) is 10.8. The third kappa shape index (κ3) is 3.47. The van der Waals surface area contributed by atoms with E-state index in [0.717, 1.165) is 0 Å². The van der Waals surface area contributed by atoms with E-state index in [1.54, 1.807) is 0 Å². The lowest BCUT2D eigenvalue weighted by atomic mass is 9.97. The average molecular weight is 498 g/mol. The first-order chi connectivity index (χ1) is 19.1. The molecule has 1 heterocycles. The molecule has 0 aliphatic rings. The monoisotopic (exact) mass is 497 g/mol. The molecule has 0 saturated carbocycles. The molecule has 0 N–H and O–H groups in total. The molecule has 1 heteroatoms. The van der Waals surface area contributed by atoms with Crippen molar-refractivity contribution in [1.29, 1.82) is 0 Å². The summed E-state index contributed by atoms with van der Waals surface area (Å²) in [6.45, 7) is 4.49. The van der Waals surface area contributed by atoms with E-state index in [9.17, 15) is 0 Å². The summed E-state index contributed by atoms with van der Waals surface area (Å²) in [5.74, 6) is 0. The van der Waals surface area contributed by atoms with Crippen LogP contribution >= 0.6 is 0 Å². The van der Waals surface area contributed by atoms with Crippen LogP contribution in [0.25, 0.3) is 70.8 Å². The van der Waals surface area contributed by atoms with Gasteiger partial charge in [-0.3, -0.25) is 0 Å². The van der Waals surface area contributed by atoms with Crippen molar-refractivity contribution < 1.29 is 0 Å². The molecule has 8 rings (SSSR count). The number of aromatic nitrogens is 1. The molecule has 1 aromatic heterocycles. The summed E-state index contributed by atoms with van der Waals surface area (Å²) in [4.78, 5) is 0. The molecular weight excluding hydrogens is 470 g/mol. The Kier molecular flexibility index (Phi) is 4.72. The zero-order chi connectivity index (χ0) is 26.1. The van der Waals surface area contributed by atoms with Crippen molar-refractivity contribution in [2.45, 2.75) is 13.8 Å². The predicted octanol–water partition coefficient (Wildman–Crippen LogP) is 10.5.